The van der Waals surface area contributed by atoms with E-state index < -0.39 is 0 Å². The van der Waals surface area contributed by atoms with E-state index in [1.165, 1.54) is 6.33 Å². The summed E-state index contributed by atoms with van der Waals surface area (Å²) in [4.78, 5) is 38.6. The molecule has 2 N–H and O–H groups in total. The molecule has 3 heterocycles. The summed E-state index contributed by atoms with van der Waals surface area (Å²) in [5.41, 5.74) is 2.53. The lowest BCUT2D eigenvalue weighted by atomic mass is 10.1. The fourth-order valence-corrected chi connectivity index (χ4v) is 4.96. The highest BCUT2D eigenvalue weighted by molar-refractivity contribution is 6.30. The van der Waals surface area contributed by atoms with E-state index in [0.29, 0.717) is 73.5 Å². The molecule has 12 heteroatoms. The number of rotatable bonds is 3. The van der Waals surface area contributed by atoms with E-state index in [1.54, 1.807) is 18.1 Å². The Morgan fingerprint density at radius 3 is 2.80 bits per heavy atom. The maximum Gasteiger partial charge on any atom is 0.239 e. The fraction of sp³-hybridized carbons (Fsp3) is 0.429. The first kappa shape index (κ1) is 27.9. The molecule has 212 valence electrons. The maximum absolute atomic E-state index is 13.2. The number of halogens is 1. The normalized spacial score (nSPS) is 17.4. The van der Waals surface area contributed by atoms with Gasteiger partial charge in [-0.25, -0.2) is 9.97 Å². The number of nitrogens with one attached hydrogen (secondary N) is 2. The Bertz CT molecular complexity index is 1370. The summed E-state index contributed by atoms with van der Waals surface area (Å²) in [6, 6.07) is 9.28. The molecule has 2 bridgehead atoms. The van der Waals surface area contributed by atoms with Crippen LogP contribution in [0.25, 0.3) is 10.9 Å². The van der Waals surface area contributed by atoms with Gasteiger partial charge in [0.2, 0.25) is 11.8 Å². The number of hydrogen-bond donors (Lipinski definition) is 2. The van der Waals surface area contributed by atoms with Crippen molar-refractivity contribution >= 4 is 45.8 Å². The summed E-state index contributed by atoms with van der Waals surface area (Å²) >= 11 is 6.33. The van der Waals surface area contributed by atoms with Crippen LogP contribution < -0.4 is 20.1 Å². The zero-order valence-corrected chi connectivity index (χ0v) is 23.2. The highest BCUT2D eigenvalue weighted by Gasteiger charge is 2.22. The van der Waals surface area contributed by atoms with Crippen LogP contribution >= 0.6 is 11.6 Å². The van der Waals surface area contributed by atoms with Gasteiger partial charge in [0.15, 0.2) is 11.5 Å². The van der Waals surface area contributed by atoms with E-state index in [-0.39, 0.29) is 38.1 Å². The van der Waals surface area contributed by atoms with Crippen molar-refractivity contribution in [3.8, 4) is 11.5 Å². The van der Waals surface area contributed by atoms with E-state index in [0.717, 1.165) is 16.6 Å². The van der Waals surface area contributed by atoms with Crippen molar-refractivity contribution < 1.29 is 23.8 Å². The van der Waals surface area contributed by atoms with Gasteiger partial charge in [0, 0.05) is 41.8 Å². The van der Waals surface area contributed by atoms with Gasteiger partial charge in [-0.05, 0) is 36.6 Å². The zero-order valence-electron chi connectivity index (χ0n) is 22.5. The Labute approximate surface area is 237 Å². The van der Waals surface area contributed by atoms with Crippen molar-refractivity contribution in [2.24, 2.45) is 0 Å². The molecule has 1 aromatic heterocycles. The van der Waals surface area contributed by atoms with Crippen LogP contribution in [0.5, 0.6) is 11.5 Å². The molecular formula is C28H33ClN6O5. The van der Waals surface area contributed by atoms with Crippen molar-refractivity contribution in [2.45, 2.75) is 12.8 Å². The highest BCUT2D eigenvalue weighted by atomic mass is 35.5. The van der Waals surface area contributed by atoms with Crippen molar-refractivity contribution in [3.05, 3.63) is 47.2 Å². The van der Waals surface area contributed by atoms with Crippen LogP contribution in [0.1, 0.15) is 12.0 Å². The summed E-state index contributed by atoms with van der Waals surface area (Å²) in [5, 5.41) is 7.70. The van der Waals surface area contributed by atoms with E-state index in [9.17, 15) is 9.59 Å². The number of morpholine rings is 1. The lowest BCUT2D eigenvalue weighted by molar-refractivity contribution is -0.138. The number of ether oxygens (including phenoxy) is 3. The van der Waals surface area contributed by atoms with Gasteiger partial charge in [0.05, 0.1) is 45.5 Å². The predicted octanol–water partition coefficient (Wildman–Crippen LogP) is 2.64. The minimum Gasteiger partial charge on any atom is -0.493 e. The first-order chi connectivity index (χ1) is 19.5. The van der Waals surface area contributed by atoms with E-state index in [2.05, 4.69) is 20.6 Å². The Morgan fingerprint density at radius 1 is 1.12 bits per heavy atom. The summed E-state index contributed by atoms with van der Waals surface area (Å²) in [6.07, 6.45) is 2.90. The molecule has 2 aliphatic heterocycles. The van der Waals surface area contributed by atoms with Crippen LogP contribution in [-0.4, -0.2) is 97.8 Å². The second-order valence-corrected chi connectivity index (χ2v) is 10.1. The number of nitrogens with zero attached hydrogens (tertiary/aromatic N) is 4. The Balaban J connectivity index is 1.44. The third-order valence-electron chi connectivity index (χ3n) is 6.96. The standard InChI is InChI=1S/C28H33ClN6O5/c1-38-24-15-23-21-14-25(24)40-12-9-35(27(37)17-34-7-10-39-11-8-34)16-26(36)30-6-2-3-19-4-5-20(29)13-22(19)33-28(21)32-18-31-23/h4-5,13-15,18H,2-3,6-12,16-17H2,1H3,(H,30,36)(H,31,32,33). The van der Waals surface area contributed by atoms with Crippen LogP contribution in [0.2, 0.25) is 5.02 Å². The van der Waals surface area contributed by atoms with Crippen LogP contribution in [0.4, 0.5) is 11.5 Å². The minimum atomic E-state index is -0.212. The smallest absolute Gasteiger partial charge is 0.239 e. The van der Waals surface area contributed by atoms with Gasteiger partial charge < -0.3 is 29.7 Å². The number of aromatic nitrogens is 2. The van der Waals surface area contributed by atoms with Gasteiger partial charge >= 0.3 is 0 Å². The van der Waals surface area contributed by atoms with Crippen LogP contribution in [0.15, 0.2) is 36.7 Å². The largest absolute Gasteiger partial charge is 0.493 e. The van der Waals surface area contributed by atoms with Crippen LogP contribution in [0, 0.1) is 0 Å². The predicted molar refractivity (Wildman–Crippen MR) is 151 cm³/mol. The second-order valence-electron chi connectivity index (χ2n) is 9.67. The fourth-order valence-electron chi connectivity index (χ4n) is 4.79. The number of benzene rings is 2. The molecule has 0 unspecified atom stereocenters. The van der Waals surface area contributed by atoms with Crippen molar-refractivity contribution in [1.82, 2.24) is 25.1 Å². The van der Waals surface area contributed by atoms with Crippen LogP contribution in [-0.2, 0) is 20.7 Å². The third kappa shape index (κ3) is 6.90. The molecule has 0 saturated carbocycles. The molecule has 2 aromatic carbocycles. The quantitative estimate of drug-likeness (QED) is 0.491. The molecule has 2 aliphatic rings. The summed E-state index contributed by atoms with van der Waals surface area (Å²) in [6.45, 7) is 3.59. The molecule has 1 fully saturated rings. The molecule has 11 nitrogen and oxygen atoms in total. The number of methoxy groups -OCH3 is 1. The first-order valence-corrected chi connectivity index (χ1v) is 13.7. The van der Waals surface area contributed by atoms with E-state index >= 15 is 0 Å². The number of carbonyl (C=O) groups excluding carboxylic acids is 2. The Hall–Kier alpha value is -3.67. The highest BCUT2D eigenvalue weighted by Crippen LogP contribution is 2.35. The summed E-state index contributed by atoms with van der Waals surface area (Å²) < 4.78 is 17.1. The monoisotopic (exact) mass is 568 g/mol. The number of fused-ring (bicyclic) bond motifs is 2. The van der Waals surface area contributed by atoms with Gasteiger partial charge in [-0.2, -0.15) is 0 Å². The lowest BCUT2D eigenvalue weighted by Crippen LogP contribution is -2.48. The van der Waals surface area contributed by atoms with Gasteiger partial charge in [-0.3, -0.25) is 14.5 Å². The van der Waals surface area contributed by atoms with Crippen molar-refractivity contribution in [2.75, 3.05) is 71.5 Å². The average Bonchev–Trinajstić information content (AvgIpc) is 2.96. The maximum atomic E-state index is 13.2. The van der Waals surface area contributed by atoms with Gasteiger partial charge in [0.1, 0.15) is 18.8 Å². The number of aryl methyl sites for hydroxylation is 1. The molecule has 2 amide bonds. The Morgan fingerprint density at radius 2 is 1.98 bits per heavy atom. The van der Waals surface area contributed by atoms with Crippen molar-refractivity contribution in [1.29, 1.82) is 0 Å². The molecular weight excluding hydrogens is 536 g/mol. The SMILES string of the molecule is COc1cc2ncnc3c2cc1OCCN(C(=O)CN1CCOCC1)CC(=O)NCCCc1ccc(Cl)cc1N3. The summed E-state index contributed by atoms with van der Waals surface area (Å²) in [5.74, 6) is 1.24. The average molecular weight is 569 g/mol. The number of anilines is 2. The van der Waals surface area contributed by atoms with E-state index in [4.69, 9.17) is 25.8 Å². The number of amides is 2. The minimum absolute atomic E-state index is 0.0485. The molecule has 0 radical (unpaired) electrons. The molecule has 3 aromatic rings. The lowest BCUT2D eigenvalue weighted by Gasteiger charge is -2.29. The van der Waals surface area contributed by atoms with Gasteiger partial charge in [-0.1, -0.05) is 17.7 Å². The van der Waals surface area contributed by atoms with E-state index in [1.807, 2.05) is 29.2 Å². The van der Waals surface area contributed by atoms with Gasteiger partial charge in [-0.15, -0.1) is 0 Å². The second kappa shape index (κ2) is 13.1. The molecule has 40 heavy (non-hydrogen) atoms. The number of hydrogen-bond acceptors (Lipinski definition) is 9. The molecule has 0 aliphatic carbocycles. The third-order valence-corrected chi connectivity index (χ3v) is 7.19. The molecule has 5 rings (SSSR count). The number of carbonyl (C=O) groups is 2. The molecule has 1 saturated heterocycles. The zero-order chi connectivity index (χ0) is 27.9. The molecule has 0 spiro atoms. The topological polar surface area (TPSA) is 118 Å². The summed E-state index contributed by atoms with van der Waals surface area (Å²) in [7, 11) is 1.56. The van der Waals surface area contributed by atoms with Gasteiger partial charge in [0.25, 0.3) is 0 Å². The molecule has 0 atom stereocenters. The van der Waals surface area contributed by atoms with Crippen molar-refractivity contribution in [3.63, 3.8) is 0 Å². The first-order valence-electron chi connectivity index (χ1n) is 13.4. The Kier molecular flexibility index (Phi) is 9.15. The van der Waals surface area contributed by atoms with Crippen LogP contribution in [0.3, 0.4) is 0 Å².